The molecule has 0 aliphatic rings. The van der Waals surface area contributed by atoms with Gasteiger partial charge < -0.3 is 9.47 Å². The largest absolute Gasteiger partial charge is 0.491 e. The second-order valence-electron chi connectivity index (χ2n) is 4.41. The Labute approximate surface area is 108 Å². The van der Waals surface area contributed by atoms with E-state index in [1.54, 1.807) is 0 Å². The quantitative estimate of drug-likeness (QED) is 0.787. The van der Waals surface area contributed by atoms with Crippen LogP contribution in [0.1, 0.15) is 19.4 Å². The third-order valence-corrected chi connectivity index (χ3v) is 2.44. The van der Waals surface area contributed by atoms with E-state index in [1.807, 2.05) is 68.4 Å². The summed E-state index contributed by atoms with van der Waals surface area (Å²) in [5.41, 5.74) is 1.13. The van der Waals surface area contributed by atoms with Gasteiger partial charge in [-0.25, -0.2) is 0 Å². The molecule has 2 aromatic rings. The highest BCUT2D eigenvalue weighted by Gasteiger charge is 1.99. The van der Waals surface area contributed by atoms with Gasteiger partial charge in [0.1, 0.15) is 18.1 Å². The summed E-state index contributed by atoms with van der Waals surface area (Å²) in [6.07, 6.45) is 0.205. The first-order valence-electron chi connectivity index (χ1n) is 6.17. The second-order valence-corrected chi connectivity index (χ2v) is 4.41. The van der Waals surface area contributed by atoms with Crippen molar-refractivity contribution in [3.8, 4) is 11.5 Å². The number of rotatable bonds is 5. The zero-order chi connectivity index (χ0) is 12.8. The summed E-state index contributed by atoms with van der Waals surface area (Å²) in [5, 5.41) is 0. The van der Waals surface area contributed by atoms with Crippen LogP contribution in [0.4, 0.5) is 0 Å². The number of benzene rings is 2. The molecule has 0 aromatic heterocycles. The van der Waals surface area contributed by atoms with Gasteiger partial charge in [0.25, 0.3) is 0 Å². The van der Waals surface area contributed by atoms with Crippen molar-refractivity contribution in [3.63, 3.8) is 0 Å². The van der Waals surface area contributed by atoms with E-state index in [4.69, 9.17) is 9.47 Å². The topological polar surface area (TPSA) is 18.5 Å². The summed E-state index contributed by atoms with van der Waals surface area (Å²) in [6.45, 7) is 4.62. The van der Waals surface area contributed by atoms with E-state index in [0.29, 0.717) is 6.61 Å². The highest BCUT2D eigenvalue weighted by Crippen LogP contribution is 2.16. The molecule has 0 saturated carbocycles. The summed E-state index contributed by atoms with van der Waals surface area (Å²) in [5.74, 6) is 1.79. The van der Waals surface area contributed by atoms with E-state index in [9.17, 15) is 0 Å². The van der Waals surface area contributed by atoms with Crippen LogP contribution in [0, 0.1) is 0 Å². The Morgan fingerprint density at radius 3 is 2.11 bits per heavy atom. The molecular weight excluding hydrogens is 224 g/mol. The van der Waals surface area contributed by atoms with Crippen LogP contribution in [-0.4, -0.2) is 6.10 Å². The van der Waals surface area contributed by atoms with Gasteiger partial charge in [0.05, 0.1) is 6.10 Å². The van der Waals surface area contributed by atoms with Gasteiger partial charge in [-0.05, 0) is 43.7 Å². The Hall–Kier alpha value is -1.96. The van der Waals surface area contributed by atoms with Gasteiger partial charge in [-0.3, -0.25) is 0 Å². The van der Waals surface area contributed by atoms with Crippen molar-refractivity contribution < 1.29 is 9.47 Å². The van der Waals surface area contributed by atoms with Crippen LogP contribution in [0.25, 0.3) is 0 Å². The Balaban J connectivity index is 1.90. The van der Waals surface area contributed by atoms with Crippen molar-refractivity contribution in [2.24, 2.45) is 0 Å². The van der Waals surface area contributed by atoms with Crippen molar-refractivity contribution in [1.29, 1.82) is 0 Å². The average Bonchev–Trinajstić information content (AvgIpc) is 2.38. The van der Waals surface area contributed by atoms with Crippen molar-refractivity contribution in [2.45, 2.75) is 26.6 Å². The van der Waals surface area contributed by atoms with Crippen molar-refractivity contribution in [2.75, 3.05) is 0 Å². The molecular formula is C16H18O2. The maximum Gasteiger partial charge on any atom is 0.119 e. The molecule has 0 bridgehead atoms. The highest BCUT2D eigenvalue weighted by atomic mass is 16.5. The summed E-state index contributed by atoms with van der Waals surface area (Å²) in [4.78, 5) is 0. The number of hydrogen-bond donors (Lipinski definition) is 0. The normalized spacial score (nSPS) is 10.4. The standard InChI is InChI=1S/C16H18O2/c1-13(2)18-16-10-8-14(9-11-16)12-17-15-6-4-3-5-7-15/h3-11,13H,12H2,1-2H3. The molecule has 0 heterocycles. The molecule has 2 heteroatoms. The third-order valence-electron chi connectivity index (χ3n) is 2.44. The lowest BCUT2D eigenvalue weighted by Gasteiger charge is -2.10. The fourth-order valence-corrected chi connectivity index (χ4v) is 1.62. The summed E-state index contributed by atoms with van der Waals surface area (Å²) in [6, 6.07) is 17.8. The molecule has 2 aromatic carbocycles. The van der Waals surface area contributed by atoms with E-state index in [0.717, 1.165) is 17.1 Å². The molecule has 0 atom stereocenters. The summed E-state index contributed by atoms with van der Waals surface area (Å²) >= 11 is 0. The Morgan fingerprint density at radius 2 is 1.50 bits per heavy atom. The van der Waals surface area contributed by atoms with Crippen LogP contribution in [0.3, 0.4) is 0 Å². The molecule has 2 rings (SSSR count). The molecule has 0 fully saturated rings. The van der Waals surface area contributed by atoms with Crippen molar-refractivity contribution in [3.05, 3.63) is 60.2 Å². The first kappa shape index (κ1) is 12.5. The first-order chi connectivity index (χ1) is 8.74. The van der Waals surface area contributed by atoms with E-state index in [-0.39, 0.29) is 6.10 Å². The van der Waals surface area contributed by atoms with Crippen LogP contribution < -0.4 is 9.47 Å². The zero-order valence-corrected chi connectivity index (χ0v) is 10.8. The maximum absolute atomic E-state index is 5.67. The Kier molecular flexibility index (Phi) is 4.24. The minimum Gasteiger partial charge on any atom is -0.491 e. The lowest BCUT2D eigenvalue weighted by molar-refractivity contribution is 0.242. The summed E-state index contributed by atoms with van der Waals surface area (Å²) < 4.78 is 11.3. The van der Waals surface area contributed by atoms with Crippen molar-refractivity contribution in [1.82, 2.24) is 0 Å². The van der Waals surface area contributed by atoms with E-state index >= 15 is 0 Å². The highest BCUT2D eigenvalue weighted by molar-refractivity contribution is 5.28. The number of hydrogen-bond acceptors (Lipinski definition) is 2. The average molecular weight is 242 g/mol. The van der Waals surface area contributed by atoms with Gasteiger partial charge >= 0.3 is 0 Å². The SMILES string of the molecule is CC(C)Oc1ccc(COc2ccccc2)cc1. The smallest absolute Gasteiger partial charge is 0.119 e. The van der Waals surface area contributed by atoms with Gasteiger partial charge in [-0.2, -0.15) is 0 Å². The van der Waals surface area contributed by atoms with Crippen LogP contribution >= 0.6 is 0 Å². The molecule has 0 saturated heterocycles. The molecule has 0 N–H and O–H groups in total. The van der Waals surface area contributed by atoms with E-state index in [1.165, 1.54) is 0 Å². The van der Waals surface area contributed by atoms with Crippen LogP contribution in [0.5, 0.6) is 11.5 Å². The fourth-order valence-electron chi connectivity index (χ4n) is 1.62. The minimum absolute atomic E-state index is 0.205. The van der Waals surface area contributed by atoms with Gasteiger partial charge in [0, 0.05) is 0 Å². The van der Waals surface area contributed by atoms with Crippen LogP contribution in [0.2, 0.25) is 0 Å². The van der Waals surface area contributed by atoms with E-state index < -0.39 is 0 Å². The predicted molar refractivity (Wildman–Crippen MR) is 73.0 cm³/mol. The molecule has 0 amide bonds. The van der Waals surface area contributed by atoms with Gasteiger partial charge in [-0.15, -0.1) is 0 Å². The maximum atomic E-state index is 5.67. The lowest BCUT2D eigenvalue weighted by atomic mass is 10.2. The molecule has 0 radical (unpaired) electrons. The van der Waals surface area contributed by atoms with E-state index in [2.05, 4.69) is 0 Å². The predicted octanol–water partition coefficient (Wildman–Crippen LogP) is 4.05. The Morgan fingerprint density at radius 1 is 0.833 bits per heavy atom. The van der Waals surface area contributed by atoms with Crippen LogP contribution in [-0.2, 0) is 6.61 Å². The molecule has 0 spiro atoms. The lowest BCUT2D eigenvalue weighted by Crippen LogP contribution is -2.05. The zero-order valence-electron chi connectivity index (χ0n) is 10.8. The first-order valence-corrected chi connectivity index (χ1v) is 6.17. The Bertz CT molecular complexity index is 460. The third kappa shape index (κ3) is 3.81. The van der Waals surface area contributed by atoms with Gasteiger partial charge in [-0.1, -0.05) is 30.3 Å². The molecule has 18 heavy (non-hydrogen) atoms. The monoisotopic (exact) mass is 242 g/mol. The molecule has 2 nitrogen and oxygen atoms in total. The number of para-hydroxylation sites is 1. The summed E-state index contributed by atoms with van der Waals surface area (Å²) in [7, 11) is 0. The molecule has 0 aliphatic heterocycles. The molecule has 0 unspecified atom stereocenters. The van der Waals surface area contributed by atoms with Gasteiger partial charge in [0.2, 0.25) is 0 Å². The second kappa shape index (κ2) is 6.10. The molecule has 94 valence electrons. The van der Waals surface area contributed by atoms with Crippen molar-refractivity contribution >= 4 is 0 Å². The molecule has 0 aliphatic carbocycles. The number of ether oxygens (including phenoxy) is 2. The fraction of sp³-hybridized carbons (Fsp3) is 0.250. The van der Waals surface area contributed by atoms with Gasteiger partial charge in [0.15, 0.2) is 0 Å². The van der Waals surface area contributed by atoms with Crippen LogP contribution in [0.15, 0.2) is 54.6 Å². The minimum atomic E-state index is 0.205.